The fraction of sp³-hybridized carbons (Fsp3) is 0.556. The lowest BCUT2D eigenvalue weighted by Crippen LogP contribution is -2.40. The van der Waals surface area contributed by atoms with Crippen molar-refractivity contribution in [2.24, 2.45) is 5.92 Å². The van der Waals surface area contributed by atoms with Gasteiger partial charge in [-0.2, -0.15) is 0 Å². The monoisotopic (exact) mass is 335 g/mol. The van der Waals surface area contributed by atoms with Crippen LogP contribution in [0.5, 0.6) is 11.5 Å². The summed E-state index contributed by atoms with van der Waals surface area (Å²) in [7, 11) is 0. The zero-order valence-electron chi connectivity index (χ0n) is 14.0. The van der Waals surface area contributed by atoms with Crippen molar-refractivity contribution in [3.8, 4) is 11.5 Å². The average molecular weight is 335 g/mol. The van der Waals surface area contributed by atoms with Crippen molar-refractivity contribution in [3.63, 3.8) is 0 Å². The first kappa shape index (κ1) is 18.1. The van der Waals surface area contributed by atoms with E-state index in [1.807, 2.05) is 19.1 Å². The van der Waals surface area contributed by atoms with Crippen LogP contribution in [0.3, 0.4) is 0 Å². The van der Waals surface area contributed by atoms with Crippen LogP contribution in [0.25, 0.3) is 0 Å². The molecule has 1 aromatic carbocycles. The molecule has 1 fully saturated rings. The molecule has 2 N–H and O–H groups in total. The van der Waals surface area contributed by atoms with E-state index in [0.717, 1.165) is 12.2 Å². The summed E-state index contributed by atoms with van der Waals surface area (Å²) in [6.45, 7) is 2.67. The number of carbonyl (C=O) groups excluding carboxylic acids is 1. The fourth-order valence-corrected chi connectivity index (χ4v) is 2.75. The molecular weight excluding hydrogens is 310 g/mol. The summed E-state index contributed by atoms with van der Waals surface area (Å²) in [5.41, 5.74) is 0. The summed E-state index contributed by atoms with van der Waals surface area (Å²) in [5, 5.41) is 11.9. The van der Waals surface area contributed by atoms with E-state index in [1.54, 1.807) is 12.1 Å². The van der Waals surface area contributed by atoms with Gasteiger partial charge in [0.2, 0.25) is 0 Å². The lowest BCUT2D eigenvalue weighted by atomic mass is 9.86. The fourth-order valence-electron chi connectivity index (χ4n) is 2.75. The van der Waals surface area contributed by atoms with Crippen LogP contribution in [0, 0.1) is 5.92 Å². The van der Waals surface area contributed by atoms with Gasteiger partial charge in [-0.1, -0.05) is 6.92 Å². The van der Waals surface area contributed by atoms with Crippen LogP contribution in [0.2, 0.25) is 0 Å². The van der Waals surface area contributed by atoms with E-state index in [9.17, 15) is 9.59 Å². The maximum atomic E-state index is 11.9. The first-order chi connectivity index (χ1) is 11.6. The van der Waals surface area contributed by atoms with Crippen molar-refractivity contribution in [1.82, 2.24) is 5.32 Å². The molecule has 1 aromatic rings. The molecule has 132 valence electrons. The van der Waals surface area contributed by atoms with E-state index in [4.69, 9.17) is 14.6 Å². The second kappa shape index (κ2) is 9.15. The number of carbonyl (C=O) groups is 2. The molecule has 1 saturated carbocycles. The van der Waals surface area contributed by atoms with E-state index in [-0.39, 0.29) is 24.5 Å². The number of nitrogens with one attached hydrogen (secondary N) is 1. The van der Waals surface area contributed by atoms with E-state index < -0.39 is 5.97 Å². The Kier molecular flexibility index (Phi) is 6.90. The highest BCUT2D eigenvalue weighted by molar-refractivity contribution is 5.78. The lowest BCUT2D eigenvalue weighted by Gasteiger charge is -2.26. The van der Waals surface area contributed by atoms with Gasteiger partial charge in [-0.25, -0.2) is 0 Å². The van der Waals surface area contributed by atoms with Crippen molar-refractivity contribution in [2.75, 3.05) is 13.2 Å². The summed E-state index contributed by atoms with van der Waals surface area (Å²) < 4.78 is 11.0. The minimum atomic E-state index is -0.741. The molecule has 6 heteroatoms. The number of rotatable bonds is 8. The Morgan fingerprint density at radius 1 is 1.08 bits per heavy atom. The van der Waals surface area contributed by atoms with Gasteiger partial charge in [0.1, 0.15) is 11.5 Å². The van der Waals surface area contributed by atoms with E-state index >= 15 is 0 Å². The summed E-state index contributed by atoms with van der Waals surface area (Å²) >= 11 is 0. The molecule has 0 unspecified atom stereocenters. The zero-order chi connectivity index (χ0) is 17.4. The second-order valence-corrected chi connectivity index (χ2v) is 6.06. The maximum Gasteiger partial charge on any atom is 0.306 e. The van der Waals surface area contributed by atoms with Crippen molar-refractivity contribution in [2.45, 2.75) is 45.1 Å². The van der Waals surface area contributed by atoms with Gasteiger partial charge in [0.15, 0.2) is 6.61 Å². The van der Waals surface area contributed by atoms with Gasteiger partial charge in [-0.15, -0.1) is 0 Å². The highest BCUT2D eigenvalue weighted by Crippen LogP contribution is 2.24. The predicted molar refractivity (Wildman–Crippen MR) is 89.2 cm³/mol. The van der Waals surface area contributed by atoms with Gasteiger partial charge < -0.3 is 19.9 Å². The van der Waals surface area contributed by atoms with Crippen LogP contribution in [0.15, 0.2) is 24.3 Å². The molecule has 0 aromatic heterocycles. The number of carboxylic acid groups (broad SMARTS) is 1. The molecule has 0 spiro atoms. The number of ether oxygens (including phenoxy) is 2. The molecule has 1 aliphatic carbocycles. The first-order valence-electron chi connectivity index (χ1n) is 8.46. The molecule has 24 heavy (non-hydrogen) atoms. The first-order valence-corrected chi connectivity index (χ1v) is 8.46. The van der Waals surface area contributed by atoms with Gasteiger partial charge >= 0.3 is 5.97 Å². The summed E-state index contributed by atoms with van der Waals surface area (Å²) in [4.78, 5) is 22.8. The van der Waals surface area contributed by atoms with Crippen molar-refractivity contribution in [1.29, 1.82) is 0 Å². The summed E-state index contributed by atoms with van der Waals surface area (Å²) in [6, 6.07) is 7.22. The Morgan fingerprint density at radius 2 is 1.67 bits per heavy atom. The third kappa shape index (κ3) is 5.76. The van der Waals surface area contributed by atoms with E-state index in [1.165, 1.54) is 0 Å². The van der Waals surface area contributed by atoms with Crippen LogP contribution in [-0.2, 0) is 9.59 Å². The predicted octanol–water partition coefficient (Wildman–Crippen LogP) is 2.61. The molecule has 0 aliphatic heterocycles. The van der Waals surface area contributed by atoms with Crippen LogP contribution < -0.4 is 14.8 Å². The Hall–Kier alpha value is -2.24. The minimum absolute atomic E-state index is 0.0431. The van der Waals surface area contributed by atoms with Crippen molar-refractivity contribution >= 4 is 11.9 Å². The quantitative estimate of drug-likeness (QED) is 0.763. The van der Waals surface area contributed by atoms with Gasteiger partial charge in [0.25, 0.3) is 5.91 Å². The number of amides is 1. The number of benzene rings is 1. The largest absolute Gasteiger partial charge is 0.494 e. The highest BCUT2D eigenvalue weighted by atomic mass is 16.5. The molecule has 1 aliphatic rings. The molecule has 0 saturated heterocycles. The van der Waals surface area contributed by atoms with Gasteiger partial charge in [-0.3, -0.25) is 9.59 Å². The number of carboxylic acids is 1. The molecule has 0 heterocycles. The molecule has 0 radical (unpaired) electrons. The summed E-state index contributed by atoms with van der Waals surface area (Å²) in [6.07, 6.45) is 3.58. The topological polar surface area (TPSA) is 84.9 Å². The van der Waals surface area contributed by atoms with Crippen LogP contribution in [0.1, 0.15) is 39.0 Å². The van der Waals surface area contributed by atoms with Crippen LogP contribution in [-0.4, -0.2) is 36.2 Å². The average Bonchev–Trinajstić information content (AvgIpc) is 2.59. The number of aliphatic carboxylic acids is 1. The third-order valence-electron chi connectivity index (χ3n) is 4.11. The molecule has 6 nitrogen and oxygen atoms in total. The Labute approximate surface area is 142 Å². The Bertz CT molecular complexity index is 535. The molecular formula is C18H25NO5. The second-order valence-electron chi connectivity index (χ2n) is 6.06. The lowest BCUT2D eigenvalue weighted by molar-refractivity contribution is -0.142. The van der Waals surface area contributed by atoms with Crippen LogP contribution in [0.4, 0.5) is 0 Å². The Morgan fingerprint density at radius 3 is 2.21 bits per heavy atom. The smallest absolute Gasteiger partial charge is 0.306 e. The van der Waals surface area contributed by atoms with Crippen molar-refractivity contribution < 1.29 is 24.2 Å². The van der Waals surface area contributed by atoms with Gasteiger partial charge in [0.05, 0.1) is 12.5 Å². The minimum Gasteiger partial charge on any atom is -0.494 e. The number of hydrogen-bond donors (Lipinski definition) is 2. The van der Waals surface area contributed by atoms with Crippen LogP contribution >= 0.6 is 0 Å². The SMILES string of the molecule is CCCOc1ccc(OCC(=O)NC2CCC(C(=O)O)CC2)cc1. The van der Waals surface area contributed by atoms with Gasteiger partial charge in [-0.05, 0) is 56.4 Å². The molecule has 0 bridgehead atoms. The molecule has 0 atom stereocenters. The van der Waals surface area contributed by atoms with E-state index in [2.05, 4.69) is 5.32 Å². The Balaban J connectivity index is 1.69. The number of hydrogen-bond acceptors (Lipinski definition) is 4. The van der Waals surface area contributed by atoms with E-state index in [0.29, 0.717) is 38.0 Å². The molecule has 2 rings (SSSR count). The maximum absolute atomic E-state index is 11.9. The standard InChI is InChI=1S/C18H25NO5/c1-2-11-23-15-7-9-16(10-8-15)24-12-17(20)19-14-5-3-13(4-6-14)18(21)22/h7-10,13-14H,2-6,11-12H2,1H3,(H,19,20)(H,21,22). The normalized spacial score (nSPS) is 20.2. The zero-order valence-corrected chi connectivity index (χ0v) is 14.0. The van der Waals surface area contributed by atoms with Crippen molar-refractivity contribution in [3.05, 3.63) is 24.3 Å². The van der Waals surface area contributed by atoms with Gasteiger partial charge in [0, 0.05) is 6.04 Å². The third-order valence-corrected chi connectivity index (χ3v) is 4.11. The highest BCUT2D eigenvalue weighted by Gasteiger charge is 2.26. The summed E-state index contributed by atoms with van der Waals surface area (Å²) in [5.74, 6) is 0.199. The molecule has 1 amide bonds.